The number of phenolic OH excluding ortho intramolecular Hbond substituents is 1. The molecule has 3 aromatic rings. The number of carbonyl (C=O) groups excluding carboxylic acids is 1. The van der Waals surface area contributed by atoms with Crippen LogP contribution in [0.15, 0.2) is 36.7 Å². The first-order chi connectivity index (χ1) is 16.9. The number of methoxy groups -OCH3 is 1. The molecule has 11 heteroatoms. The molecule has 2 N–H and O–H groups in total. The monoisotopic (exact) mass is 485 g/mol. The van der Waals surface area contributed by atoms with E-state index in [9.17, 15) is 18.7 Å². The molecule has 0 unspecified atom stereocenters. The predicted octanol–water partition coefficient (Wildman–Crippen LogP) is 3.99. The number of nitrogens with one attached hydrogen (secondary N) is 1. The van der Waals surface area contributed by atoms with E-state index in [4.69, 9.17) is 9.47 Å². The highest BCUT2D eigenvalue weighted by Gasteiger charge is 2.48. The van der Waals surface area contributed by atoms with E-state index in [1.807, 2.05) is 4.90 Å². The molecule has 1 aromatic heterocycles. The zero-order valence-corrected chi connectivity index (χ0v) is 19.1. The Morgan fingerprint density at radius 1 is 1.26 bits per heavy atom. The number of likely N-dealkylation sites (tertiary alicyclic amines) is 1. The summed E-state index contributed by atoms with van der Waals surface area (Å²) in [6.45, 7) is 1.60. The highest BCUT2D eigenvalue weighted by atomic mass is 19.1. The van der Waals surface area contributed by atoms with E-state index in [0.29, 0.717) is 67.2 Å². The van der Waals surface area contributed by atoms with Crippen molar-refractivity contribution >= 4 is 34.2 Å². The molecule has 9 nitrogen and oxygen atoms in total. The minimum atomic E-state index is -0.808. The summed E-state index contributed by atoms with van der Waals surface area (Å²) in [5, 5.41) is 13.1. The van der Waals surface area contributed by atoms with Gasteiger partial charge in [0.15, 0.2) is 11.6 Å². The third-order valence-corrected chi connectivity index (χ3v) is 6.60. The molecule has 0 saturated carbocycles. The van der Waals surface area contributed by atoms with Crippen molar-refractivity contribution < 1.29 is 28.2 Å². The number of amides is 1. The summed E-state index contributed by atoms with van der Waals surface area (Å²) < 4.78 is 38.5. The molecule has 184 valence electrons. The van der Waals surface area contributed by atoms with Gasteiger partial charge in [-0.2, -0.15) is 0 Å². The molecule has 2 aliphatic rings. The van der Waals surface area contributed by atoms with Crippen LogP contribution in [0.5, 0.6) is 11.5 Å². The number of carbonyl (C=O) groups is 1. The molecular formula is C24H25F2N5O4. The van der Waals surface area contributed by atoms with Crippen LogP contribution in [0.3, 0.4) is 0 Å². The quantitative estimate of drug-likeness (QED) is 0.541. The van der Waals surface area contributed by atoms with Crippen LogP contribution in [0, 0.1) is 5.82 Å². The van der Waals surface area contributed by atoms with Crippen molar-refractivity contribution in [2.75, 3.05) is 50.2 Å². The highest BCUT2D eigenvalue weighted by molar-refractivity contribution is 6.00. The lowest BCUT2D eigenvalue weighted by molar-refractivity contribution is -0.0000916. The van der Waals surface area contributed by atoms with Gasteiger partial charge in [0.25, 0.3) is 0 Å². The molecule has 0 radical (unpaired) electrons. The number of hydrogen-bond donors (Lipinski definition) is 2. The van der Waals surface area contributed by atoms with Gasteiger partial charge in [-0.05, 0) is 18.2 Å². The molecule has 5 rings (SSSR count). The number of anilines is 3. The number of ether oxygens (including phenoxy) is 2. The van der Waals surface area contributed by atoms with Crippen LogP contribution in [-0.2, 0) is 4.74 Å². The van der Waals surface area contributed by atoms with Crippen molar-refractivity contribution in [3.8, 4) is 11.5 Å². The van der Waals surface area contributed by atoms with Crippen LogP contribution >= 0.6 is 0 Å². The van der Waals surface area contributed by atoms with Gasteiger partial charge in [-0.1, -0.05) is 6.07 Å². The zero-order chi connectivity index (χ0) is 24.6. The second-order valence-electron chi connectivity index (χ2n) is 8.69. The van der Waals surface area contributed by atoms with Crippen molar-refractivity contribution in [2.45, 2.75) is 18.4 Å². The van der Waals surface area contributed by atoms with Crippen molar-refractivity contribution in [1.29, 1.82) is 0 Å². The summed E-state index contributed by atoms with van der Waals surface area (Å²) in [6, 6.07) is 7.62. The van der Waals surface area contributed by atoms with Crippen LogP contribution in [-0.4, -0.2) is 71.6 Å². The van der Waals surface area contributed by atoms with Crippen LogP contribution < -0.4 is 15.0 Å². The van der Waals surface area contributed by atoms with Gasteiger partial charge in [0.2, 0.25) is 0 Å². The first-order valence-corrected chi connectivity index (χ1v) is 11.3. The van der Waals surface area contributed by atoms with E-state index in [1.165, 1.54) is 36.5 Å². The van der Waals surface area contributed by atoms with Gasteiger partial charge in [-0.15, -0.1) is 0 Å². The van der Waals surface area contributed by atoms with Crippen molar-refractivity contribution in [3.05, 3.63) is 42.5 Å². The van der Waals surface area contributed by atoms with Crippen molar-refractivity contribution in [3.63, 3.8) is 0 Å². The first kappa shape index (κ1) is 23.0. The first-order valence-electron chi connectivity index (χ1n) is 11.3. The number of halogens is 2. The molecule has 2 saturated heterocycles. The fourth-order valence-corrected chi connectivity index (χ4v) is 4.66. The SMILES string of the molecule is COc1cc2ncnc(Nc3cccc(O)c3F)c2cc1N1CC2(CCN(CCF)CC2)OC1=O. The third kappa shape index (κ3) is 4.27. The Balaban J connectivity index is 1.49. The lowest BCUT2D eigenvalue weighted by Crippen LogP contribution is -2.47. The number of hydrogen-bond acceptors (Lipinski definition) is 8. The second kappa shape index (κ2) is 9.14. The third-order valence-electron chi connectivity index (χ3n) is 6.60. The topological polar surface area (TPSA) is 100 Å². The number of aromatic hydroxyl groups is 1. The molecular weight excluding hydrogens is 460 g/mol. The fourth-order valence-electron chi connectivity index (χ4n) is 4.66. The smallest absolute Gasteiger partial charge is 0.415 e. The molecule has 0 aliphatic carbocycles. The fraction of sp³-hybridized carbons (Fsp3) is 0.375. The van der Waals surface area contributed by atoms with Gasteiger partial charge in [0, 0.05) is 43.9 Å². The van der Waals surface area contributed by atoms with Gasteiger partial charge in [-0.3, -0.25) is 4.90 Å². The lowest BCUT2D eigenvalue weighted by atomic mass is 9.91. The summed E-state index contributed by atoms with van der Waals surface area (Å²) in [4.78, 5) is 25.0. The Kier molecular flexibility index (Phi) is 6.01. The second-order valence-corrected chi connectivity index (χ2v) is 8.69. The number of rotatable bonds is 6. The molecule has 3 heterocycles. The molecule has 0 bridgehead atoms. The normalized spacial score (nSPS) is 17.7. The molecule has 0 atom stereocenters. The minimum absolute atomic E-state index is 0.0435. The highest BCUT2D eigenvalue weighted by Crippen LogP contribution is 2.41. The molecule has 35 heavy (non-hydrogen) atoms. The summed E-state index contributed by atoms with van der Waals surface area (Å²) >= 11 is 0. The average Bonchev–Trinajstić information content (AvgIpc) is 3.18. The van der Waals surface area contributed by atoms with Crippen LogP contribution in [0.2, 0.25) is 0 Å². The van der Waals surface area contributed by atoms with E-state index in [0.717, 1.165) is 0 Å². The predicted molar refractivity (Wildman–Crippen MR) is 126 cm³/mol. The summed E-state index contributed by atoms with van der Waals surface area (Å²) in [6.07, 6.45) is 2.05. The van der Waals surface area contributed by atoms with Crippen molar-refractivity contribution in [2.24, 2.45) is 0 Å². The number of aromatic nitrogens is 2. The van der Waals surface area contributed by atoms with Crippen molar-refractivity contribution in [1.82, 2.24) is 14.9 Å². The molecule has 2 aliphatic heterocycles. The summed E-state index contributed by atoms with van der Waals surface area (Å²) in [7, 11) is 1.50. The van der Waals surface area contributed by atoms with Gasteiger partial charge in [-0.25, -0.2) is 23.5 Å². The number of piperidine rings is 1. The summed E-state index contributed by atoms with van der Waals surface area (Å²) in [5.41, 5.74) is 0.387. The summed E-state index contributed by atoms with van der Waals surface area (Å²) in [5.74, 6) is -0.574. The van der Waals surface area contributed by atoms with E-state index in [1.54, 1.807) is 12.1 Å². The van der Waals surface area contributed by atoms with Gasteiger partial charge in [0.1, 0.15) is 30.2 Å². The molecule has 2 aromatic carbocycles. The Morgan fingerprint density at radius 3 is 2.80 bits per heavy atom. The Morgan fingerprint density at radius 2 is 2.06 bits per heavy atom. The zero-order valence-electron chi connectivity index (χ0n) is 19.1. The molecule has 1 amide bonds. The van der Waals surface area contributed by atoms with Crippen LogP contribution in [0.4, 0.5) is 30.8 Å². The van der Waals surface area contributed by atoms with Gasteiger partial charge >= 0.3 is 6.09 Å². The lowest BCUT2D eigenvalue weighted by Gasteiger charge is -2.37. The Bertz CT molecular complexity index is 1270. The van der Waals surface area contributed by atoms with Gasteiger partial charge in [0.05, 0.1) is 30.5 Å². The van der Waals surface area contributed by atoms with E-state index in [-0.39, 0.29) is 5.69 Å². The maximum absolute atomic E-state index is 14.4. The standard InChI is InChI=1S/C24H25F2N5O4/c1-34-20-12-17-15(22(28-14-27-17)29-16-3-2-4-19(32)21(16)26)11-18(20)31-13-24(35-23(31)33)5-8-30(9-6-24)10-7-25/h2-4,11-12,14,32H,5-10,13H2,1H3,(H,27,28,29). The van der Waals surface area contributed by atoms with Gasteiger partial charge < -0.3 is 24.8 Å². The number of alkyl halides is 1. The minimum Gasteiger partial charge on any atom is -0.505 e. The van der Waals surface area contributed by atoms with Crippen LogP contribution in [0.1, 0.15) is 12.8 Å². The number of phenols is 1. The maximum atomic E-state index is 14.4. The maximum Gasteiger partial charge on any atom is 0.415 e. The number of fused-ring (bicyclic) bond motifs is 1. The Labute approximate surface area is 200 Å². The largest absolute Gasteiger partial charge is 0.505 e. The van der Waals surface area contributed by atoms with E-state index < -0.39 is 29.9 Å². The van der Waals surface area contributed by atoms with Crippen LogP contribution in [0.25, 0.3) is 10.9 Å². The van der Waals surface area contributed by atoms with E-state index >= 15 is 0 Å². The Hall–Kier alpha value is -3.73. The molecule has 2 fully saturated rings. The van der Waals surface area contributed by atoms with E-state index in [2.05, 4.69) is 15.3 Å². The number of benzene rings is 2. The number of nitrogens with zero attached hydrogens (tertiary/aromatic N) is 4. The molecule has 1 spiro atoms. The average molecular weight is 485 g/mol.